The molecule has 1 heteroatoms. The third kappa shape index (κ3) is 3.90. The highest BCUT2D eigenvalue weighted by atomic mass is 16.1. The van der Waals surface area contributed by atoms with E-state index in [0.29, 0.717) is 5.92 Å². The number of hydrogen-bond acceptors (Lipinski definition) is 1. The van der Waals surface area contributed by atoms with Crippen LogP contribution in [0.1, 0.15) is 77.6 Å². The summed E-state index contributed by atoms with van der Waals surface area (Å²) in [6.45, 7) is 2.38. The zero-order valence-corrected chi connectivity index (χ0v) is 13.8. The van der Waals surface area contributed by atoms with Crippen LogP contribution in [0.4, 0.5) is 0 Å². The lowest BCUT2D eigenvalue weighted by atomic mass is 9.65. The van der Waals surface area contributed by atoms with Crippen molar-refractivity contribution in [3.05, 3.63) is 6.42 Å². The summed E-state index contributed by atoms with van der Waals surface area (Å²) in [5.74, 6) is 5.22. The lowest BCUT2D eigenvalue weighted by molar-refractivity contribution is -0.112. The fourth-order valence-electron chi connectivity index (χ4n) is 5.39. The Morgan fingerprint density at radius 2 is 1.19 bits per heavy atom. The molecule has 0 aromatic heterocycles. The molecule has 2 atom stereocenters. The molecule has 119 valence electrons. The average molecular weight is 289 g/mol. The van der Waals surface area contributed by atoms with Crippen molar-refractivity contribution in [2.24, 2.45) is 35.5 Å². The Hall–Kier alpha value is -0.330. The van der Waals surface area contributed by atoms with Crippen molar-refractivity contribution in [3.63, 3.8) is 0 Å². The normalized spacial score (nSPS) is 45.2. The standard InChI is InChI=1S/C20H33O/c1-15-2-6-17(7-3-15)19-10-12-20(13-11-19)18-8-4-16(14-21)5-9-18/h2,14-20H,3-13H2,1H3. The van der Waals surface area contributed by atoms with Crippen molar-refractivity contribution in [2.45, 2.75) is 77.6 Å². The first-order chi connectivity index (χ1) is 10.3. The van der Waals surface area contributed by atoms with E-state index in [9.17, 15) is 4.79 Å². The molecule has 0 aromatic carbocycles. The van der Waals surface area contributed by atoms with Gasteiger partial charge in [-0.05, 0) is 100 Å². The lowest BCUT2D eigenvalue weighted by Crippen LogP contribution is -2.29. The van der Waals surface area contributed by atoms with Gasteiger partial charge in [0.1, 0.15) is 6.29 Å². The fourth-order valence-corrected chi connectivity index (χ4v) is 5.39. The second-order valence-electron chi connectivity index (χ2n) is 8.27. The Morgan fingerprint density at radius 1 is 0.714 bits per heavy atom. The predicted molar refractivity (Wildman–Crippen MR) is 87.8 cm³/mol. The van der Waals surface area contributed by atoms with Crippen molar-refractivity contribution in [1.29, 1.82) is 0 Å². The number of rotatable bonds is 3. The topological polar surface area (TPSA) is 17.1 Å². The molecule has 21 heavy (non-hydrogen) atoms. The van der Waals surface area contributed by atoms with E-state index in [1.165, 1.54) is 76.9 Å². The summed E-state index contributed by atoms with van der Waals surface area (Å²) in [6.07, 6.45) is 19.0. The van der Waals surface area contributed by atoms with E-state index in [1.807, 2.05) is 0 Å². The first kappa shape index (κ1) is 15.6. The zero-order chi connectivity index (χ0) is 14.7. The summed E-state index contributed by atoms with van der Waals surface area (Å²) in [6, 6.07) is 0. The number of carbonyl (C=O) groups is 1. The Kier molecular flexibility index (Phi) is 5.40. The van der Waals surface area contributed by atoms with Gasteiger partial charge in [-0.25, -0.2) is 0 Å². The first-order valence-corrected chi connectivity index (χ1v) is 9.55. The molecular weight excluding hydrogens is 256 g/mol. The van der Waals surface area contributed by atoms with E-state index in [1.54, 1.807) is 0 Å². The predicted octanol–water partition coefficient (Wildman–Crippen LogP) is 5.44. The molecular formula is C20H33O. The molecule has 3 rings (SSSR count). The summed E-state index contributed by atoms with van der Waals surface area (Å²) in [5, 5.41) is 0. The number of hydrogen-bond donors (Lipinski definition) is 0. The largest absolute Gasteiger partial charge is 0.303 e. The van der Waals surface area contributed by atoms with Gasteiger partial charge in [-0.1, -0.05) is 13.3 Å². The molecule has 3 saturated carbocycles. The van der Waals surface area contributed by atoms with Crippen LogP contribution in [0.2, 0.25) is 0 Å². The Labute approximate surface area is 131 Å². The Morgan fingerprint density at radius 3 is 1.67 bits per heavy atom. The average Bonchev–Trinajstić information content (AvgIpc) is 2.56. The molecule has 0 aromatic rings. The van der Waals surface area contributed by atoms with E-state index in [4.69, 9.17) is 0 Å². The quantitative estimate of drug-likeness (QED) is 0.632. The van der Waals surface area contributed by atoms with Crippen LogP contribution < -0.4 is 0 Å². The van der Waals surface area contributed by atoms with Gasteiger partial charge in [-0.2, -0.15) is 0 Å². The first-order valence-electron chi connectivity index (χ1n) is 9.55. The summed E-state index contributed by atoms with van der Waals surface area (Å²) in [4.78, 5) is 10.9. The maximum atomic E-state index is 10.9. The van der Waals surface area contributed by atoms with Crippen LogP contribution in [0, 0.1) is 41.9 Å². The van der Waals surface area contributed by atoms with Crippen LogP contribution in [0.5, 0.6) is 0 Å². The molecule has 3 fully saturated rings. The number of carbonyl (C=O) groups excluding carboxylic acids is 1. The summed E-state index contributed by atoms with van der Waals surface area (Å²) in [5.41, 5.74) is 0. The monoisotopic (exact) mass is 289 g/mol. The second-order valence-corrected chi connectivity index (χ2v) is 8.27. The summed E-state index contributed by atoms with van der Waals surface area (Å²) in [7, 11) is 0. The minimum atomic E-state index is 0.386. The minimum Gasteiger partial charge on any atom is -0.303 e. The summed E-state index contributed by atoms with van der Waals surface area (Å²) < 4.78 is 0. The summed E-state index contributed by atoms with van der Waals surface area (Å²) >= 11 is 0. The maximum Gasteiger partial charge on any atom is 0.123 e. The third-order valence-electron chi connectivity index (χ3n) is 6.99. The maximum absolute atomic E-state index is 10.9. The van der Waals surface area contributed by atoms with Crippen molar-refractivity contribution in [3.8, 4) is 0 Å². The Balaban J connectivity index is 1.42. The molecule has 0 saturated heterocycles. The smallest absolute Gasteiger partial charge is 0.123 e. The van der Waals surface area contributed by atoms with Crippen LogP contribution >= 0.6 is 0 Å². The molecule has 0 amide bonds. The van der Waals surface area contributed by atoms with E-state index in [2.05, 4.69) is 13.3 Å². The highest BCUT2D eigenvalue weighted by Crippen LogP contribution is 2.45. The molecule has 1 radical (unpaired) electrons. The van der Waals surface area contributed by atoms with Gasteiger partial charge in [0.05, 0.1) is 0 Å². The molecule has 3 aliphatic rings. The second kappa shape index (κ2) is 7.29. The molecule has 0 N–H and O–H groups in total. The van der Waals surface area contributed by atoms with Gasteiger partial charge in [0, 0.05) is 5.92 Å². The van der Waals surface area contributed by atoms with E-state index >= 15 is 0 Å². The molecule has 1 nitrogen and oxygen atoms in total. The third-order valence-corrected chi connectivity index (χ3v) is 6.99. The lowest BCUT2D eigenvalue weighted by Gasteiger charge is -2.40. The van der Waals surface area contributed by atoms with Gasteiger partial charge in [0.25, 0.3) is 0 Å². The molecule has 0 spiro atoms. The van der Waals surface area contributed by atoms with E-state index in [0.717, 1.165) is 29.6 Å². The highest BCUT2D eigenvalue weighted by Gasteiger charge is 2.34. The van der Waals surface area contributed by atoms with Gasteiger partial charge in [-0.3, -0.25) is 0 Å². The van der Waals surface area contributed by atoms with E-state index in [-0.39, 0.29) is 0 Å². The Bertz CT molecular complexity index is 313. The minimum absolute atomic E-state index is 0.386. The van der Waals surface area contributed by atoms with Crippen molar-refractivity contribution < 1.29 is 4.79 Å². The van der Waals surface area contributed by atoms with Crippen LogP contribution in [0.25, 0.3) is 0 Å². The van der Waals surface area contributed by atoms with Crippen molar-refractivity contribution in [1.82, 2.24) is 0 Å². The molecule has 3 aliphatic carbocycles. The number of aldehydes is 1. The molecule has 0 aliphatic heterocycles. The van der Waals surface area contributed by atoms with Crippen LogP contribution in [0.3, 0.4) is 0 Å². The fraction of sp³-hybridized carbons (Fsp3) is 0.900. The van der Waals surface area contributed by atoms with Crippen LogP contribution in [0.15, 0.2) is 0 Å². The molecule has 0 heterocycles. The molecule has 0 bridgehead atoms. The zero-order valence-electron chi connectivity index (χ0n) is 13.8. The van der Waals surface area contributed by atoms with Gasteiger partial charge in [0.15, 0.2) is 0 Å². The van der Waals surface area contributed by atoms with Gasteiger partial charge in [-0.15, -0.1) is 0 Å². The van der Waals surface area contributed by atoms with Crippen LogP contribution in [-0.4, -0.2) is 6.29 Å². The van der Waals surface area contributed by atoms with Crippen molar-refractivity contribution >= 4 is 6.29 Å². The van der Waals surface area contributed by atoms with Crippen LogP contribution in [-0.2, 0) is 4.79 Å². The van der Waals surface area contributed by atoms with Gasteiger partial charge in [0.2, 0.25) is 0 Å². The van der Waals surface area contributed by atoms with Crippen molar-refractivity contribution in [2.75, 3.05) is 0 Å². The molecule has 2 unspecified atom stereocenters. The van der Waals surface area contributed by atoms with Gasteiger partial charge < -0.3 is 4.79 Å². The van der Waals surface area contributed by atoms with E-state index < -0.39 is 0 Å². The SMILES string of the molecule is CC1[CH]CC(C2CCC(C3CCC(C=O)CC3)CC2)CC1. The highest BCUT2D eigenvalue weighted by molar-refractivity contribution is 5.53. The van der Waals surface area contributed by atoms with Gasteiger partial charge >= 0.3 is 0 Å².